The van der Waals surface area contributed by atoms with Gasteiger partial charge in [0.1, 0.15) is 5.82 Å². The second kappa shape index (κ2) is 6.73. The predicted molar refractivity (Wildman–Crippen MR) is 104 cm³/mol. The number of alkyl halides is 3. The van der Waals surface area contributed by atoms with Crippen LogP contribution >= 0.6 is 66.7 Å². The van der Waals surface area contributed by atoms with Crippen LogP contribution in [0, 0.1) is 0 Å². The molecule has 118 valence electrons. The van der Waals surface area contributed by atoms with E-state index in [9.17, 15) is 0 Å². The van der Waals surface area contributed by atoms with E-state index in [1.54, 1.807) is 0 Å². The summed E-state index contributed by atoms with van der Waals surface area (Å²) >= 11 is 24.7. The number of rotatable bonds is 2. The van der Waals surface area contributed by atoms with E-state index in [1.165, 1.54) is 0 Å². The van der Waals surface area contributed by atoms with E-state index in [0.29, 0.717) is 11.3 Å². The van der Waals surface area contributed by atoms with E-state index in [4.69, 9.17) is 34.8 Å². The number of halogens is 5. The lowest BCUT2D eigenvalue weighted by molar-refractivity contribution is 0.999. The van der Waals surface area contributed by atoms with E-state index >= 15 is 0 Å². The largest absolute Gasteiger partial charge is 0.340 e. The molecule has 0 bridgehead atoms. The number of nitrogens with one attached hydrogen (secondary N) is 1. The Morgan fingerprint density at radius 1 is 0.870 bits per heavy atom. The monoisotopic (exact) mass is 493 g/mol. The molecule has 0 aliphatic heterocycles. The normalized spacial score (nSPS) is 11.7. The summed E-state index contributed by atoms with van der Waals surface area (Å²) < 4.78 is 0.201. The van der Waals surface area contributed by atoms with Gasteiger partial charge < -0.3 is 5.32 Å². The first-order valence-corrected chi connectivity index (χ1v) is 9.12. The number of aromatic nitrogens is 2. The van der Waals surface area contributed by atoms with E-state index in [2.05, 4.69) is 47.1 Å². The number of anilines is 2. The number of benzene rings is 2. The van der Waals surface area contributed by atoms with Crippen molar-refractivity contribution in [2.45, 2.75) is 3.79 Å². The minimum Gasteiger partial charge on any atom is -0.340 e. The molecule has 23 heavy (non-hydrogen) atoms. The van der Waals surface area contributed by atoms with Gasteiger partial charge in [-0.15, -0.1) is 0 Å². The summed E-state index contributed by atoms with van der Waals surface area (Å²) in [4.78, 5) is 8.71. The SMILES string of the molecule is ClC(Cl)(Cl)c1nc(Nc2ccc(Br)cc2)c2cc(Br)ccc2n1. The standard InChI is InChI=1S/C15H8Br2Cl3N3/c16-8-1-4-10(5-2-8)21-13-11-7-9(17)3-6-12(11)22-14(23-13)15(18,19)20/h1-7H,(H,21,22,23). The maximum absolute atomic E-state index is 5.95. The third-order valence-corrected chi connectivity index (χ3v) is 4.55. The Hall–Kier alpha value is -0.590. The van der Waals surface area contributed by atoms with Gasteiger partial charge in [0, 0.05) is 20.0 Å². The molecule has 0 atom stereocenters. The van der Waals surface area contributed by atoms with Gasteiger partial charge in [-0.2, -0.15) is 0 Å². The zero-order chi connectivity index (χ0) is 16.6. The molecule has 8 heteroatoms. The van der Waals surface area contributed by atoms with Crippen LogP contribution in [-0.2, 0) is 3.79 Å². The van der Waals surface area contributed by atoms with Crippen molar-refractivity contribution in [1.82, 2.24) is 9.97 Å². The Balaban J connectivity index is 2.15. The minimum absolute atomic E-state index is 0.122. The molecule has 0 aliphatic rings. The molecule has 0 amide bonds. The zero-order valence-electron chi connectivity index (χ0n) is 11.3. The first-order valence-electron chi connectivity index (χ1n) is 6.40. The van der Waals surface area contributed by atoms with Gasteiger partial charge in [-0.05, 0) is 42.5 Å². The van der Waals surface area contributed by atoms with Gasteiger partial charge in [-0.3, -0.25) is 0 Å². The van der Waals surface area contributed by atoms with Crippen LogP contribution in [-0.4, -0.2) is 9.97 Å². The third kappa shape index (κ3) is 4.09. The Labute approximate surface area is 164 Å². The number of hydrogen-bond donors (Lipinski definition) is 1. The fourth-order valence-electron chi connectivity index (χ4n) is 1.99. The highest BCUT2D eigenvalue weighted by Gasteiger charge is 2.28. The molecule has 2 aromatic carbocycles. The highest BCUT2D eigenvalue weighted by molar-refractivity contribution is 9.10. The average Bonchev–Trinajstić information content (AvgIpc) is 2.49. The fourth-order valence-corrected chi connectivity index (χ4v) is 2.87. The molecule has 3 aromatic rings. The van der Waals surface area contributed by atoms with Crippen LogP contribution in [0.5, 0.6) is 0 Å². The smallest absolute Gasteiger partial charge is 0.250 e. The summed E-state index contributed by atoms with van der Waals surface area (Å²) in [7, 11) is 0. The van der Waals surface area contributed by atoms with Crippen molar-refractivity contribution in [3.63, 3.8) is 0 Å². The van der Waals surface area contributed by atoms with Crippen molar-refractivity contribution >= 4 is 89.1 Å². The summed E-state index contributed by atoms with van der Waals surface area (Å²) in [5.74, 6) is 0.692. The van der Waals surface area contributed by atoms with E-state index < -0.39 is 3.79 Å². The van der Waals surface area contributed by atoms with Crippen LogP contribution < -0.4 is 5.32 Å². The van der Waals surface area contributed by atoms with Crippen molar-refractivity contribution in [3.05, 3.63) is 57.2 Å². The second-order valence-corrected chi connectivity index (χ2v) is 8.80. The molecule has 0 saturated carbocycles. The molecule has 0 unspecified atom stereocenters. The van der Waals surface area contributed by atoms with Gasteiger partial charge in [0.15, 0.2) is 5.82 Å². The molecule has 1 heterocycles. The predicted octanol–water partition coefficient (Wildman–Crippen LogP) is 6.73. The zero-order valence-corrected chi connectivity index (χ0v) is 16.8. The van der Waals surface area contributed by atoms with Gasteiger partial charge in [0.25, 0.3) is 0 Å². The van der Waals surface area contributed by atoms with Crippen LogP contribution in [0.2, 0.25) is 0 Å². The van der Waals surface area contributed by atoms with Crippen LogP contribution in [0.25, 0.3) is 10.9 Å². The van der Waals surface area contributed by atoms with Crippen molar-refractivity contribution in [1.29, 1.82) is 0 Å². The van der Waals surface area contributed by atoms with Crippen LogP contribution in [0.15, 0.2) is 51.4 Å². The van der Waals surface area contributed by atoms with E-state index in [1.807, 2.05) is 42.5 Å². The lowest BCUT2D eigenvalue weighted by Gasteiger charge is -2.14. The molecule has 0 radical (unpaired) electrons. The van der Waals surface area contributed by atoms with Gasteiger partial charge in [-0.25, -0.2) is 9.97 Å². The maximum atomic E-state index is 5.95. The maximum Gasteiger partial charge on any atom is 0.250 e. The van der Waals surface area contributed by atoms with Gasteiger partial charge in [0.2, 0.25) is 3.79 Å². The summed E-state index contributed by atoms with van der Waals surface area (Å²) in [5.41, 5.74) is 1.55. The highest BCUT2D eigenvalue weighted by atomic mass is 79.9. The fraction of sp³-hybridized carbons (Fsp3) is 0.0667. The van der Waals surface area contributed by atoms with Crippen LogP contribution in [0.3, 0.4) is 0 Å². The summed E-state index contributed by atoms with van der Waals surface area (Å²) in [5, 5.41) is 4.06. The average molecular weight is 496 g/mol. The van der Waals surface area contributed by atoms with Gasteiger partial charge in [-0.1, -0.05) is 66.7 Å². The highest BCUT2D eigenvalue weighted by Crippen LogP contribution is 2.38. The molecule has 0 aliphatic carbocycles. The van der Waals surface area contributed by atoms with Crippen LogP contribution in [0.4, 0.5) is 11.5 Å². The number of nitrogens with zero attached hydrogens (tertiary/aromatic N) is 2. The van der Waals surface area contributed by atoms with Gasteiger partial charge >= 0.3 is 0 Å². The molecule has 0 saturated heterocycles. The summed E-state index contributed by atoms with van der Waals surface area (Å²) in [6, 6.07) is 13.3. The Morgan fingerprint density at radius 3 is 2.17 bits per heavy atom. The number of fused-ring (bicyclic) bond motifs is 1. The Bertz CT molecular complexity index is 864. The molecule has 1 N–H and O–H groups in total. The molecule has 0 fully saturated rings. The van der Waals surface area contributed by atoms with E-state index in [0.717, 1.165) is 20.0 Å². The molecular weight excluding hydrogens is 488 g/mol. The van der Waals surface area contributed by atoms with E-state index in [-0.39, 0.29) is 5.82 Å². The first-order chi connectivity index (χ1) is 10.8. The quantitative estimate of drug-likeness (QED) is 0.400. The minimum atomic E-state index is -1.70. The lowest BCUT2D eigenvalue weighted by Crippen LogP contribution is -2.09. The molecule has 3 nitrogen and oxygen atoms in total. The van der Waals surface area contributed by atoms with Crippen molar-refractivity contribution < 1.29 is 0 Å². The van der Waals surface area contributed by atoms with Crippen molar-refractivity contribution in [2.75, 3.05) is 5.32 Å². The molecular formula is C15H8Br2Cl3N3. The molecule has 1 aromatic heterocycles. The van der Waals surface area contributed by atoms with Crippen LogP contribution in [0.1, 0.15) is 5.82 Å². The number of hydrogen-bond acceptors (Lipinski definition) is 3. The first kappa shape index (κ1) is 17.2. The van der Waals surface area contributed by atoms with Crippen molar-refractivity contribution in [2.24, 2.45) is 0 Å². The Morgan fingerprint density at radius 2 is 1.52 bits per heavy atom. The molecule has 0 spiro atoms. The molecule has 3 rings (SSSR count). The summed E-state index contributed by atoms with van der Waals surface area (Å²) in [6.07, 6.45) is 0. The Kier molecular flexibility index (Phi) is 5.04. The second-order valence-electron chi connectivity index (χ2n) is 4.69. The topological polar surface area (TPSA) is 37.8 Å². The lowest BCUT2D eigenvalue weighted by atomic mass is 10.2. The van der Waals surface area contributed by atoms with Gasteiger partial charge in [0.05, 0.1) is 5.52 Å². The van der Waals surface area contributed by atoms with Crippen molar-refractivity contribution in [3.8, 4) is 0 Å². The third-order valence-electron chi connectivity index (χ3n) is 3.02. The summed E-state index contributed by atoms with van der Waals surface area (Å²) in [6.45, 7) is 0.